The average molecular weight is 362 g/mol. The highest BCUT2D eigenvalue weighted by atomic mass is 16.2. The Morgan fingerprint density at radius 2 is 1.70 bits per heavy atom. The fourth-order valence-corrected chi connectivity index (χ4v) is 2.70. The molecule has 6 heteroatoms. The number of anilines is 2. The quantitative estimate of drug-likeness (QED) is 0.691. The smallest absolute Gasteiger partial charge is 0.258 e. The van der Waals surface area contributed by atoms with E-state index in [2.05, 4.69) is 15.7 Å². The maximum Gasteiger partial charge on any atom is 0.258 e. The SMILES string of the molecule is CCCC(=O)Nc1cccc(NC(=O)c2cnn(-c3ccccc3)c2)c1C. The van der Waals surface area contributed by atoms with Crippen molar-refractivity contribution in [1.29, 1.82) is 0 Å². The molecule has 1 aromatic heterocycles. The number of hydrogen-bond acceptors (Lipinski definition) is 3. The second-order valence-electron chi connectivity index (χ2n) is 6.24. The number of carbonyl (C=O) groups is 2. The van der Waals surface area contributed by atoms with Gasteiger partial charge >= 0.3 is 0 Å². The van der Waals surface area contributed by atoms with Crippen LogP contribution in [0.3, 0.4) is 0 Å². The molecular formula is C21H22N4O2. The van der Waals surface area contributed by atoms with Crippen LogP contribution in [-0.2, 0) is 4.79 Å². The van der Waals surface area contributed by atoms with Gasteiger partial charge in [0.15, 0.2) is 0 Å². The third-order valence-corrected chi connectivity index (χ3v) is 4.20. The average Bonchev–Trinajstić information content (AvgIpc) is 3.16. The van der Waals surface area contributed by atoms with Gasteiger partial charge in [0, 0.05) is 24.0 Å². The second kappa shape index (κ2) is 8.31. The van der Waals surface area contributed by atoms with Crippen LogP contribution in [0.1, 0.15) is 35.7 Å². The van der Waals surface area contributed by atoms with Crippen LogP contribution in [0.5, 0.6) is 0 Å². The molecule has 27 heavy (non-hydrogen) atoms. The molecule has 0 spiro atoms. The fourth-order valence-electron chi connectivity index (χ4n) is 2.70. The normalized spacial score (nSPS) is 10.4. The van der Waals surface area contributed by atoms with Crippen LogP contribution < -0.4 is 10.6 Å². The Morgan fingerprint density at radius 3 is 2.41 bits per heavy atom. The van der Waals surface area contributed by atoms with Gasteiger partial charge in [0.1, 0.15) is 0 Å². The Balaban J connectivity index is 1.75. The Kier molecular flexibility index (Phi) is 5.66. The van der Waals surface area contributed by atoms with Gasteiger partial charge in [-0.15, -0.1) is 0 Å². The first-order valence-electron chi connectivity index (χ1n) is 8.89. The minimum atomic E-state index is -0.252. The van der Waals surface area contributed by atoms with Gasteiger partial charge in [-0.1, -0.05) is 31.2 Å². The summed E-state index contributed by atoms with van der Waals surface area (Å²) >= 11 is 0. The number of benzene rings is 2. The van der Waals surface area contributed by atoms with Crippen LogP contribution in [0, 0.1) is 6.92 Å². The van der Waals surface area contributed by atoms with Gasteiger partial charge < -0.3 is 10.6 Å². The summed E-state index contributed by atoms with van der Waals surface area (Å²) in [6.45, 7) is 3.82. The standard InChI is InChI=1S/C21H22N4O2/c1-3-8-20(26)23-18-11-7-12-19(15(18)2)24-21(27)16-13-22-25(14-16)17-9-5-4-6-10-17/h4-7,9-14H,3,8H2,1-2H3,(H,23,26)(H,24,27). The second-order valence-corrected chi connectivity index (χ2v) is 6.24. The summed E-state index contributed by atoms with van der Waals surface area (Å²) in [6.07, 6.45) is 4.47. The molecule has 0 aliphatic heterocycles. The van der Waals surface area contributed by atoms with Crippen molar-refractivity contribution in [2.75, 3.05) is 10.6 Å². The van der Waals surface area contributed by atoms with Crippen molar-refractivity contribution in [3.05, 3.63) is 72.1 Å². The largest absolute Gasteiger partial charge is 0.326 e. The number of hydrogen-bond donors (Lipinski definition) is 2. The van der Waals surface area contributed by atoms with Gasteiger partial charge in [-0.2, -0.15) is 5.10 Å². The molecule has 0 unspecified atom stereocenters. The predicted octanol–water partition coefficient (Wildman–Crippen LogP) is 4.17. The third-order valence-electron chi connectivity index (χ3n) is 4.20. The van der Waals surface area contributed by atoms with Crippen LogP contribution in [0.25, 0.3) is 5.69 Å². The molecule has 6 nitrogen and oxygen atoms in total. The van der Waals surface area contributed by atoms with E-state index in [1.807, 2.05) is 56.3 Å². The molecule has 3 rings (SSSR count). The Hall–Kier alpha value is -3.41. The molecule has 0 saturated carbocycles. The molecule has 0 atom stereocenters. The maximum absolute atomic E-state index is 12.6. The molecule has 0 saturated heterocycles. The number of carbonyl (C=O) groups excluding carboxylic acids is 2. The lowest BCUT2D eigenvalue weighted by Crippen LogP contribution is -2.15. The number of rotatable bonds is 6. The lowest BCUT2D eigenvalue weighted by atomic mass is 10.1. The minimum Gasteiger partial charge on any atom is -0.326 e. The van der Waals surface area contributed by atoms with Crippen LogP contribution >= 0.6 is 0 Å². The first kappa shape index (κ1) is 18.4. The number of nitrogens with one attached hydrogen (secondary N) is 2. The summed E-state index contributed by atoms with van der Waals surface area (Å²) in [4.78, 5) is 24.4. The summed E-state index contributed by atoms with van der Waals surface area (Å²) in [6, 6.07) is 15.0. The summed E-state index contributed by atoms with van der Waals surface area (Å²) in [5.74, 6) is -0.287. The van der Waals surface area contributed by atoms with E-state index < -0.39 is 0 Å². The zero-order valence-corrected chi connectivity index (χ0v) is 15.4. The van der Waals surface area contributed by atoms with Crippen molar-refractivity contribution >= 4 is 23.2 Å². The third kappa shape index (κ3) is 4.41. The molecule has 0 bridgehead atoms. The van der Waals surface area contributed by atoms with Gasteiger partial charge in [-0.25, -0.2) is 4.68 Å². The van der Waals surface area contributed by atoms with Gasteiger partial charge in [0.2, 0.25) is 5.91 Å². The molecule has 0 aliphatic carbocycles. The van der Waals surface area contributed by atoms with E-state index in [-0.39, 0.29) is 11.8 Å². The molecule has 0 fully saturated rings. The number of aromatic nitrogens is 2. The van der Waals surface area contributed by atoms with E-state index in [0.29, 0.717) is 23.4 Å². The summed E-state index contributed by atoms with van der Waals surface area (Å²) in [5, 5.41) is 10.0. The number of nitrogens with zero attached hydrogens (tertiary/aromatic N) is 2. The van der Waals surface area contributed by atoms with Crippen molar-refractivity contribution in [2.24, 2.45) is 0 Å². The first-order chi connectivity index (χ1) is 13.1. The van der Waals surface area contributed by atoms with E-state index in [0.717, 1.165) is 17.7 Å². The van der Waals surface area contributed by atoms with Crippen LogP contribution in [0.4, 0.5) is 11.4 Å². The van der Waals surface area contributed by atoms with Crippen molar-refractivity contribution < 1.29 is 9.59 Å². The summed E-state index contributed by atoms with van der Waals surface area (Å²) < 4.78 is 1.66. The van der Waals surface area contributed by atoms with E-state index in [9.17, 15) is 9.59 Å². The predicted molar refractivity (Wildman–Crippen MR) is 106 cm³/mol. The highest BCUT2D eigenvalue weighted by Crippen LogP contribution is 2.24. The van der Waals surface area contributed by atoms with E-state index in [1.165, 1.54) is 6.20 Å². The Labute approximate surface area is 158 Å². The van der Waals surface area contributed by atoms with Crippen LogP contribution in [0.15, 0.2) is 60.9 Å². The Morgan fingerprint density at radius 1 is 1.00 bits per heavy atom. The van der Waals surface area contributed by atoms with E-state index in [1.54, 1.807) is 16.9 Å². The van der Waals surface area contributed by atoms with E-state index in [4.69, 9.17) is 0 Å². The van der Waals surface area contributed by atoms with Crippen LogP contribution in [0.2, 0.25) is 0 Å². The zero-order valence-electron chi connectivity index (χ0n) is 15.4. The number of amides is 2. The first-order valence-corrected chi connectivity index (χ1v) is 8.89. The number of para-hydroxylation sites is 1. The summed E-state index contributed by atoms with van der Waals surface area (Å²) in [7, 11) is 0. The lowest BCUT2D eigenvalue weighted by Gasteiger charge is -2.13. The topological polar surface area (TPSA) is 76.0 Å². The highest BCUT2D eigenvalue weighted by molar-refractivity contribution is 6.05. The van der Waals surface area contributed by atoms with Crippen LogP contribution in [-0.4, -0.2) is 21.6 Å². The molecule has 2 amide bonds. The van der Waals surface area contributed by atoms with E-state index >= 15 is 0 Å². The van der Waals surface area contributed by atoms with Crippen molar-refractivity contribution in [3.63, 3.8) is 0 Å². The monoisotopic (exact) mass is 362 g/mol. The molecule has 2 N–H and O–H groups in total. The molecule has 2 aromatic carbocycles. The fraction of sp³-hybridized carbons (Fsp3) is 0.190. The highest BCUT2D eigenvalue weighted by Gasteiger charge is 2.13. The lowest BCUT2D eigenvalue weighted by molar-refractivity contribution is -0.116. The van der Waals surface area contributed by atoms with Crippen molar-refractivity contribution in [3.8, 4) is 5.69 Å². The molecular weight excluding hydrogens is 340 g/mol. The van der Waals surface area contributed by atoms with Crippen molar-refractivity contribution in [1.82, 2.24) is 9.78 Å². The van der Waals surface area contributed by atoms with Gasteiger partial charge in [0.05, 0.1) is 17.4 Å². The Bertz CT molecular complexity index is 948. The maximum atomic E-state index is 12.6. The van der Waals surface area contributed by atoms with Gasteiger partial charge in [-0.05, 0) is 43.2 Å². The molecule has 1 heterocycles. The molecule has 3 aromatic rings. The minimum absolute atomic E-state index is 0.0341. The van der Waals surface area contributed by atoms with Gasteiger partial charge in [0.25, 0.3) is 5.91 Å². The molecule has 0 aliphatic rings. The molecule has 138 valence electrons. The molecule has 0 radical (unpaired) electrons. The van der Waals surface area contributed by atoms with Crippen molar-refractivity contribution in [2.45, 2.75) is 26.7 Å². The van der Waals surface area contributed by atoms with Gasteiger partial charge in [-0.3, -0.25) is 9.59 Å². The zero-order chi connectivity index (χ0) is 19.2. The summed E-state index contributed by atoms with van der Waals surface area (Å²) in [5.41, 5.74) is 3.51.